The number of halogens is 1. The molecule has 0 aliphatic carbocycles. The summed E-state index contributed by atoms with van der Waals surface area (Å²) in [5.74, 6) is 1.33. The number of aryl methyl sites for hydroxylation is 1. The Kier molecular flexibility index (Phi) is 6.45. The Labute approximate surface area is 181 Å². The SMILES string of the molecule is Cc1cccc(-c2noc(CN3CCC(C(=O)NCc4ccccc4Cl)CC3)n2)c1. The van der Waals surface area contributed by atoms with Crippen LogP contribution in [0.15, 0.2) is 53.1 Å². The van der Waals surface area contributed by atoms with Crippen molar-refractivity contribution in [2.24, 2.45) is 5.92 Å². The van der Waals surface area contributed by atoms with E-state index in [-0.39, 0.29) is 11.8 Å². The lowest BCUT2D eigenvalue weighted by molar-refractivity contribution is -0.126. The van der Waals surface area contributed by atoms with Crippen LogP contribution >= 0.6 is 11.6 Å². The molecule has 1 fully saturated rings. The van der Waals surface area contributed by atoms with Crippen LogP contribution in [0.5, 0.6) is 0 Å². The molecule has 156 valence electrons. The number of carbonyl (C=O) groups excluding carboxylic acids is 1. The molecule has 3 aromatic rings. The van der Waals surface area contributed by atoms with Gasteiger partial charge in [-0.05, 0) is 50.6 Å². The molecule has 0 atom stereocenters. The lowest BCUT2D eigenvalue weighted by Gasteiger charge is -2.30. The average molecular weight is 425 g/mol. The first-order valence-electron chi connectivity index (χ1n) is 10.2. The Balaban J connectivity index is 1.26. The largest absolute Gasteiger partial charge is 0.352 e. The van der Waals surface area contributed by atoms with Gasteiger partial charge in [-0.15, -0.1) is 0 Å². The number of rotatable bonds is 6. The van der Waals surface area contributed by atoms with Gasteiger partial charge in [0.05, 0.1) is 6.54 Å². The molecule has 30 heavy (non-hydrogen) atoms. The summed E-state index contributed by atoms with van der Waals surface area (Å²) in [6.07, 6.45) is 1.63. The number of aromatic nitrogens is 2. The zero-order valence-electron chi connectivity index (χ0n) is 17.0. The molecule has 1 saturated heterocycles. The minimum atomic E-state index is 0.0225. The summed E-state index contributed by atoms with van der Waals surface area (Å²) >= 11 is 6.16. The number of likely N-dealkylation sites (tertiary alicyclic amines) is 1. The summed E-state index contributed by atoms with van der Waals surface area (Å²) < 4.78 is 5.44. The van der Waals surface area contributed by atoms with Crippen LogP contribution in [0.4, 0.5) is 0 Å². The van der Waals surface area contributed by atoms with E-state index in [4.69, 9.17) is 16.1 Å². The molecule has 6 nitrogen and oxygen atoms in total. The second kappa shape index (κ2) is 9.41. The predicted octanol–water partition coefficient (Wildman–Crippen LogP) is 4.23. The Morgan fingerprint density at radius 3 is 2.77 bits per heavy atom. The first-order valence-corrected chi connectivity index (χ1v) is 10.6. The second-order valence-corrected chi connectivity index (χ2v) is 8.15. The smallest absolute Gasteiger partial charge is 0.241 e. The highest BCUT2D eigenvalue weighted by atomic mass is 35.5. The molecule has 1 aliphatic heterocycles. The minimum Gasteiger partial charge on any atom is -0.352 e. The van der Waals surface area contributed by atoms with Gasteiger partial charge < -0.3 is 9.84 Å². The second-order valence-electron chi connectivity index (χ2n) is 7.74. The number of carbonyl (C=O) groups is 1. The van der Waals surface area contributed by atoms with Crippen LogP contribution in [0.25, 0.3) is 11.4 Å². The fourth-order valence-corrected chi connectivity index (χ4v) is 3.94. The van der Waals surface area contributed by atoms with Crippen molar-refractivity contribution in [1.29, 1.82) is 0 Å². The summed E-state index contributed by atoms with van der Waals surface area (Å²) in [4.78, 5) is 19.3. The van der Waals surface area contributed by atoms with E-state index >= 15 is 0 Å². The van der Waals surface area contributed by atoms with Crippen LogP contribution in [-0.2, 0) is 17.9 Å². The zero-order valence-corrected chi connectivity index (χ0v) is 17.7. The lowest BCUT2D eigenvalue weighted by atomic mass is 9.96. The van der Waals surface area contributed by atoms with Crippen molar-refractivity contribution in [3.63, 3.8) is 0 Å². The quantitative estimate of drug-likeness (QED) is 0.641. The summed E-state index contributed by atoms with van der Waals surface area (Å²) in [7, 11) is 0. The highest BCUT2D eigenvalue weighted by Gasteiger charge is 2.26. The van der Waals surface area contributed by atoms with E-state index < -0.39 is 0 Å². The number of nitrogens with one attached hydrogen (secondary N) is 1. The summed E-state index contributed by atoms with van der Waals surface area (Å²) in [6, 6.07) is 15.6. The predicted molar refractivity (Wildman–Crippen MR) is 116 cm³/mol. The number of amides is 1. The van der Waals surface area contributed by atoms with Gasteiger partial charge in [0.25, 0.3) is 0 Å². The van der Waals surface area contributed by atoms with Gasteiger partial charge in [0.2, 0.25) is 17.6 Å². The maximum Gasteiger partial charge on any atom is 0.241 e. The molecule has 1 aromatic heterocycles. The number of piperidine rings is 1. The molecule has 0 bridgehead atoms. The molecule has 4 rings (SSSR count). The molecule has 0 unspecified atom stereocenters. The monoisotopic (exact) mass is 424 g/mol. The molecular formula is C23H25ClN4O2. The Morgan fingerprint density at radius 1 is 1.20 bits per heavy atom. The van der Waals surface area contributed by atoms with E-state index in [1.807, 2.05) is 55.5 Å². The summed E-state index contributed by atoms with van der Waals surface area (Å²) in [6.45, 7) is 4.76. The molecule has 2 aromatic carbocycles. The number of hydrogen-bond acceptors (Lipinski definition) is 5. The van der Waals surface area contributed by atoms with Crippen LogP contribution in [-0.4, -0.2) is 34.0 Å². The van der Waals surface area contributed by atoms with Crippen molar-refractivity contribution in [2.45, 2.75) is 32.9 Å². The number of nitrogens with zero attached hydrogens (tertiary/aromatic N) is 3. The topological polar surface area (TPSA) is 71.3 Å². The number of hydrogen-bond donors (Lipinski definition) is 1. The third kappa shape index (κ3) is 5.07. The Hall–Kier alpha value is -2.70. The highest BCUT2D eigenvalue weighted by molar-refractivity contribution is 6.31. The van der Waals surface area contributed by atoms with E-state index in [2.05, 4.69) is 20.4 Å². The van der Waals surface area contributed by atoms with Crippen molar-refractivity contribution >= 4 is 17.5 Å². The molecule has 1 amide bonds. The summed E-state index contributed by atoms with van der Waals surface area (Å²) in [5, 5.41) is 7.80. The first-order chi connectivity index (χ1) is 14.6. The summed E-state index contributed by atoms with van der Waals surface area (Å²) in [5.41, 5.74) is 3.05. The van der Waals surface area contributed by atoms with Gasteiger partial charge >= 0.3 is 0 Å². The van der Waals surface area contributed by atoms with Gasteiger partial charge in [-0.2, -0.15) is 4.98 Å². The minimum absolute atomic E-state index is 0.0225. The van der Waals surface area contributed by atoms with Gasteiger partial charge in [0.1, 0.15) is 0 Å². The third-order valence-corrected chi connectivity index (χ3v) is 5.84. The standard InChI is InChI=1S/C23H25ClN4O2/c1-16-5-4-7-18(13-16)22-26-21(30-27-22)15-28-11-9-17(10-12-28)23(29)25-14-19-6-2-3-8-20(19)24/h2-8,13,17H,9-12,14-15H2,1H3,(H,25,29). The fourth-order valence-electron chi connectivity index (χ4n) is 3.73. The average Bonchev–Trinajstić information content (AvgIpc) is 3.22. The lowest BCUT2D eigenvalue weighted by Crippen LogP contribution is -2.40. The van der Waals surface area contributed by atoms with Gasteiger partial charge in [-0.3, -0.25) is 9.69 Å². The number of benzene rings is 2. The Bertz CT molecular complexity index is 1010. The van der Waals surface area contributed by atoms with Crippen LogP contribution in [0.2, 0.25) is 5.02 Å². The maximum atomic E-state index is 12.5. The van der Waals surface area contributed by atoms with Crippen LogP contribution < -0.4 is 5.32 Å². The molecule has 0 saturated carbocycles. The van der Waals surface area contributed by atoms with E-state index in [0.29, 0.717) is 29.8 Å². The highest BCUT2D eigenvalue weighted by Crippen LogP contribution is 2.22. The molecule has 7 heteroatoms. The van der Waals surface area contributed by atoms with Crippen molar-refractivity contribution in [1.82, 2.24) is 20.4 Å². The van der Waals surface area contributed by atoms with E-state index in [0.717, 1.165) is 42.6 Å². The normalized spacial score (nSPS) is 15.3. The van der Waals surface area contributed by atoms with E-state index in [1.165, 1.54) is 0 Å². The zero-order chi connectivity index (χ0) is 20.9. The van der Waals surface area contributed by atoms with Crippen molar-refractivity contribution in [3.8, 4) is 11.4 Å². The van der Waals surface area contributed by atoms with Gasteiger partial charge in [-0.25, -0.2) is 0 Å². The maximum absolute atomic E-state index is 12.5. The third-order valence-electron chi connectivity index (χ3n) is 5.47. The molecule has 0 spiro atoms. The van der Waals surface area contributed by atoms with Crippen LogP contribution in [0, 0.1) is 12.8 Å². The molecular weight excluding hydrogens is 400 g/mol. The molecule has 0 radical (unpaired) electrons. The molecule has 2 heterocycles. The van der Waals surface area contributed by atoms with Crippen molar-refractivity contribution in [3.05, 3.63) is 70.6 Å². The Morgan fingerprint density at radius 2 is 2.00 bits per heavy atom. The van der Waals surface area contributed by atoms with E-state index in [1.54, 1.807) is 0 Å². The van der Waals surface area contributed by atoms with Crippen molar-refractivity contribution < 1.29 is 9.32 Å². The van der Waals surface area contributed by atoms with Crippen LogP contribution in [0.1, 0.15) is 29.9 Å². The fraction of sp³-hybridized carbons (Fsp3) is 0.348. The van der Waals surface area contributed by atoms with Gasteiger partial charge in [0.15, 0.2) is 0 Å². The van der Waals surface area contributed by atoms with Gasteiger partial charge in [0, 0.05) is 23.0 Å². The van der Waals surface area contributed by atoms with Gasteiger partial charge in [-0.1, -0.05) is 58.7 Å². The van der Waals surface area contributed by atoms with E-state index in [9.17, 15) is 4.79 Å². The first kappa shape index (κ1) is 20.6. The molecule has 1 N–H and O–H groups in total. The molecule has 1 aliphatic rings. The van der Waals surface area contributed by atoms with Crippen molar-refractivity contribution in [2.75, 3.05) is 13.1 Å². The van der Waals surface area contributed by atoms with Crippen LogP contribution in [0.3, 0.4) is 0 Å².